The van der Waals surface area contributed by atoms with Crippen LogP contribution in [-0.4, -0.2) is 52.2 Å². The van der Waals surface area contributed by atoms with Crippen molar-refractivity contribution in [2.24, 2.45) is 10.7 Å². The number of hydrogen-bond acceptors (Lipinski definition) is 6. The number of fused-ring (bicyclic) bond motifs is 1. The summed E-state index contributed by atoms with van der Waals surface area (Å²) in [5.74, 6) is 0.408. The van der Waals surface area contributed by atoms with Gasteiger partial charge in [0.1, 0.15) is 10.7 Å². The number of carbonyl (C=O) groups is 1. The fraction of sp³-hybridized carbons (Fsp3) is 0.409. The second-order valence-corrected chi connectivity index (χ2v) is 7.70. The molecule has 0 unspecified atom stereocenters. The number of nitrogens with zero attached hydrogens (tertiary/aromatic N) is 4. The summed E-state index contributed by atoms with van der Waals surface area (Å²) in [5, 5.41) is 8.07. The quantitative estimate of drug-likeness (QED) is 0.592. The molecule has 0 bridgehead atoms. The van der Waals surface area contributed by atoms with E-state index in [1.165, 1.54) is 12.8 Å². The molecule has 0 atom stereocenters. The van der Waals surface area contributed by atoms with E-state index in [2.05, 4.69) is 29.2 Å². The van der Waals surface area contributed by atoms with Crippen molar-refractivity contribution in [3.63, 3.8) is 0 Å². The van der Waals surface area contributed by atoms with Gasteiger partial charge >= 0.3 is 0 Å². The van der Waals surface area contributed by atoms with Crippen LogP contribution in [0, 0.1) is 0 Å². The van der Waals surface area contributed by atoms with E-state index in [0.717, 1.165) is 31.7 Å². The van der Waals surface area contributed by atoms with Gasteiger partial charge in [0.25, 0.3) is 0 Å². The molecular formula is C22H29ClN6O. The van der Waals surface area contributed by atoms with Gasteiger partial charge in [-0.05, 0) is 44.6 Å². The Hall–Kier alpha value is -2.64. The zero-order chi connectivity index (χ0) is 21.7. The second-order valence-electron chi connectivity index (χ2n) is 7.32. The van der Waals surface area contributed by atoms with Crippen LogP contribution in [0.2, 0.25) is 0 Å². The van der Waals surface area contributed by atoms with Gasteiger partial charge < -0.3 is 16.0 Å². The Morgan fingerprint density at radius 2 is 2.10 bits per heavy atom. The molecule has 2 heterocycles. The summed E-state index contributed by atoms with van der Waals surface area (Å²) < 4.78 is 1.78. The Morgan fingerprint density at radius 3 is 2.83 bits per heavy atom. The molecule has 0 radical (unpaired) electrons. The molecule has 0 spiro atoms. The maximum Gasteiger partial charge on any atom is 0.202 e. The number of allylic oxidation sites excluding steroid dienone is 3. The number of ketones is 1. The molecule has 7 nitrogen and oxygen atoms in total. The zero-order valence-corrected chi connectivity index (χ0v) is 18.5. The average molecular weight is 429 g/mol. The molecule has 0 saturated carbocycles. The van der Waals surface area contributed by atoms with Crippen LogP contribution in [0.25, 0.3) is 5.52 Å². The molecule has 1 aliphatic rings. The third-order valence-corrected chi connectivity index (χ3v) is 5.54. The molecule has 8 heteroatoms. The Morgan fingerprint density at radius 1 is 1.30 bits per heavy atom. The third-order valence-electron chi connectivity index (χ3n) is 5.16. The van der Waals surface area contributed by atoms with Crippen molar-refractivity contribution in [1.82, 2.24) is 14.5 Å². The van der Waals surface area contributed by atoms with E-state index in [0.29, 0.717) is 22.8 Å². The van der Waals surface area contributed by atoms with Crippen molar-refractivity contribution in [1.29, 1.82) is 0 Å². The van der Waals surface area contributed by atoms with Crippen molar-refractivity contribution in [3.05, 3.63) is 46.8 Å². The number of aromatic nitrogens is 2. The van der Waals surface area contributed by atoms with E-state index >= 15 is 0 Å². The maximum absolute atomic E-state index is 12.0. The molecule has 0 aromatic carbocycles. The highest BCUT2D eigenvalue weighted by molar-refractivity contribution is 6.49. The average Bonchev–Trinajstić information content (AvgIpc) is 3.10. The first-order valence-corrected chi connectivity index (χ1v) is 10.7. The Labute approximate surface area is 182 Å². The summed E-state index contributed by atoms with van der Waals surface area (Å²) in [6, 6.07) is 5.80. The summed E-state index contributed by atoms with van der Waals surface area (Å²) in [6.45, 7) is 9.86. The van der Waals surface area contributed by atoms with Crippen molar-refractivity contribution in [2.75, 3.05) is 31.5 Å². The normalized spacial score (nSPS) is 16.1. The van der Waals surface area contributed by atoms with Crippen LogP contribution in [-0.2, 0) is 4.79 Å². The van der Waals surface area contributed by atoms with Crippen LogP contribution in [0.1, 0.15) is 33.6 Å². The molecule has 160 valence electrons. The lowest BCUT2D eigenvalue weighted by atomic mass is 10.0. The highest BCUT2D eigenvalue weighted by atomic mass is 35.5. The van der Waals surface area contributed by atoms with E-state index in [1.54, 1.807) is 17.5 Å². The summed E-state index contributed by atoms with van der Waals surface area (Å²) in [5.41, 5.74) is 8.77. The minimum Gasteiger partial charge on any atom is -0.396 e. The van der Waals surface area contributed by atoms with Gasteiger partial charge in [0, 0.05) is 24.9 Å². The smallest absolute Gasteiger partial charge is 0.202 e. The fourth-order valence-electron chi connectivity index (χ4n) is 3.33. The summed E-state index contributed by atoms with van der Waals surface area (Å²) >= 11 is 6.12. The molecule has 30 heavy (non-hydrogen) atoms. The number of likely N-dealkylation sites (N-methyl/N-ethyl adjacent to an activating group) is 1. The van der Waals surface area contributed by atoms with E-state index in [4.69, 9.17) is 22.3 Å². The monoisotopic (exact) mass is 428 g/mol. The predicted octanol–water partition coefficient (Wildman–Crippen LogP) is 3.88. The topological polar surface area (TPSA) is 88.0 Å². The number of halogens is 1. The van der Waals surface area contributed by atoms with Crippen LogP contribution in [0.3, 0.4) is 0 Å². The number of carbonyl (C=O) groups excluding carboxylic acids is 1. The number of rotatable bonds is 9. The van der Waals surface area contributed by atoms with Gasteiger partial charge in [0.15, 0.2) is 5.82 Å². The Bertz CT molecular complexity index is 1020. The zero-order valence-electron chi connectivity index (χ0n) is 17.8. The SMILES string of the molecule is CCCCN(CC)CCNc1nn2ccccc2c1/N=C1\C=C(C)C(=O)C(Cl)=C1N. The van der Waals surface area contributed by atoms with Crippen LogP contribution in [0.15, 0.2) is 51.8 Å². The number of nitrogens with two attached hydrogens (primary N) is 1. The minimum absolute atomic E-state index is 0.00856. The molecule has 2 aromatic rings. The van der Waals surface area contributed by atoms with E-state index in [9.17, 15) is 4.79 Å². The van der Waals surface area contributed by atoms with Gasteiger partial charge in [0.2, 0.25) is 5.78 Å². The number of aliphatic imine (C=N–C) groups is 1. The first-order chi connectivity index (χ1) is 14.5. The largest absolute Gasteiger partial charge is 0.396 e. The number of Topliss-reactive ketones (excluding diaryl/α,β-unsaturated/α-hetero) is 1. The molecule has 3 rings (SSSR count). The lowest BCUT2D eigenvalue weighted by Crippen LogP contribution is -2.30. The molecule has 3 N–H and O–H groups in total. The highest BCUT2D eigenvalue weighted by Crippen LogP contribution is 2.31. The van der Waals surface area contributed by atoms with Crippen LogP contribution >= 0.6 is 11.6 Å². The first-order valence-electron chi connectivity index (χ1n) is 10.4. The van der Waals surface area contributed by atoms with Gasteiger partial charge in [-0.1, -0.05) is 37.9 Å². The Balaban J connectivity index is 1.90. The van der Waals surface area contributed by atoms with Gasteiger partial charge in [-0.3, -0.25) is 4.79 Å². The molecular weight excluding hydrogens is 400 g/mol. The number of nitrogens with one attached hydrogen (secondary N) is 1. The van der Waals surface area contributed by atoms with Crippen molar-refractivity contribution in [2.45, 2.75) is 33.6 Å². The van der Waals surface area contributed by atoms with E-state index in [1.807, 2.05) is 24.4 Å². The second kappa shape index (κ2) is 9.91. The van der Waals surface area contributed by atoms with E-state index in [-0.39, 0.29) is 16.5 Å². The fourth-order valence-corrected chi connectivity index (χ4v) is 3.57. The number of unbranched alkanes of at least 4 members (excludes halogenated alkanes) is 1. The maximum atomic E-state index is 12.0. The number of hydrogen-bond donors (Lipinski definition) is 2. The van der Waals surface area contributed by atoms with Gasteiger partial charge in [0.05, 0.1) is 16.9 Å². The first kappa shape index (κ1) is 22.1. The highest BCUT2D eigenvalue weighted by Gasteiger charge is 2.23. The van der Waals surface area contributed by atoms with Crippen molar-refractivity contribution >= 4 is 40.1 Å². The predicted molar refractivity (Wildman–Crippen MR) is 124 cm³/mol. The molecule has 1 aliphatic carbocycles. The van der Waals surface area contributed by atoms with Gasteiger partial charge in [-0.15, -0.1) is 5.10 Å². The molecule has 2 aromatic heterocycles. The Kier molecular flexibility index (Phi) is 7.29. The lowest BCUT2D eigenvalue weighted by Gasteiger charge is -2.20. The third kappa shape index (κ3) is 4.74. The lowest BCUT2D eigenvalue weighted by molar-refractivity contribution is -0.111. The summed E-state index contributed by atoms with van der Waals surface area (Å²) in [4.78, 5) is 19.2. The van der Waals surface area contributed by atoms with Crippen LogP contribution in [0.5, 0.6) is 0 Å². The minimum atomic E-state index is -0.266. The van der Waals surface area contributed by atoms with Crippen molar-refractivity contribution < 1.29 is 4.79 Å². The molecule has 0 fully saturated rings. The summed E-state index contributed by atoms with van der Waals surface area (Å²) in [7, 11) is 0. The van der Waals surface area contributed by atoms with Gasteiger partial charge in [-0.2, -0.15) is 0 Å². The molecule has 0 aliphatic heterocycles. The van der Waals surface area contributed by atoms with Crippen molar-refractivity contribution in [3.8, 4) is 0 Å². The standard InChI is InChI=1S/C22H29ClN6O/c1-4-6-11-28(5-2)13-10-25-22-20(17-9-7-8-12-29(17)27-22)26-16-14-15(3)21(30)18(23)19(16)24/h7-9,12,14H,4-6,10-11,13,24H2,1-3H3,(H,25,27)/b26-16+. The molecule has 0 saturated heterocycles. The molecule has 0 amide bonds. The number of pyridine rings is 1. The number of anilines is 1. The van der Waals surface area contributed by atoms with Crippen LogP contribution < -0.4 is 11.1 Å². The van der Waals surface area contributed by atoms with Gasteiger partial charge in [-0.25, -0.2) is 9.51 Å². The van der Waals surface area contributed by atoms with Crippen LogP contribution in [0.4, 0.5) is 11.5 Å². The van der Waals surface area contributed by atoms with E-state index < -0.39 is 0 Å². The summed E-state index contributed by atoms with van der Waals surface area (Å²) in [6.07, 6.45) is 5.92.